The fourth-order valence-corrected chi connectivity index (χ4v) is 5.19. The normalized spacial score (nSPS) is 23.3. The van der Waals surface area contributed by atoms with Gasteiger partial charge in [0, 0.05) is 63.4 Å². The molecule has 2 aliphatic heterocycles. The Bertz CT molecular complexity index is 766. The molecule has 4 heterocycles. The molecular formula is C22H33N5O. The summed E-state index contributed by atoms with van der Waals surface area (Å²) in [5.74, 6) is 0.374. The van der Waals surface area contributed by atoms with Gasteiger partial charge in [0.1, 0.15) is 0 Å². The summed E-state index contributed by atoms with van der Waals surface area (Å²) in [6.07, 6.45) is 9.51. The minimum Gasteiger partial charge on any atom is -0.396 e. The van der Waals surface area contributed by atoms with Gasteiger partial charge in [-0.1, -0.05) is 6.07 Å². The smallest absolute Gasteiger partial charge is 0.0638 e. The first-order chi connectivity index (χ1) is 13.6. The Labute approximate surface area is 168 Å². The van der Waals surface area contributed by atoms with Crippen molar-refractivity contribution in [1.82, 2.24) is 24.6 Å². The highest BCUT2D eigenvalue weighted by atomic mass is 16.3. The second kappa shape index (κ2) is 8.31. The third-order valence-electron chi connectivity index (χ3n) is 6.98. The van der Waals surface area contributed by atoms with Crippen molar-refractivity contribution in [2.24, 2.45) is 18.4 Å². The second-order valence-corrected chi connectivity index (χ2v) is 8.78. The summed E-state index contributed by atoms with van der Waals surface area (Å²) in [6, 6.07) is 4.18. The number of piperidine rings is 2. The highest BCUT2D eigenvalue weighted by Crippen LogP contribution is 2.45. The van der Waals surface area contributed by atoms with E-state index in [-0.39, 0.29) is 0 Å². The minimum atomic E-state index is 0.297. The third kappa shape index (κ3) is 4.14. The Kier molecular flexibility index (Phi) is 5.80. The first kappa shape index (κ1) is 19.6. The zero-order valence-electron chi connectivity index (χ0n) is 17.2. The van der Waals surface area contributed by atoms with Crippen LogP contribution in [-0.2, 0) is 20.1 Å². The molecule has 2 aromatic rings. The number of likely N-dealkylation sites (tertiary alicyclic amines) is 2. The van der Waals surface area contributed by atoms with Crippen molar-refractivity contribution < 1.29 is 5.11 Å². The Morgan fingerprint density at radius 2 is 1.89 bits per heavy atom. The van der Waals surface area contributed by atoms with Crippen molar-refractivity contribution in [3.05, 3.63) is 47.5 Å². The van der Waals surface area contributed by atoms with Crippen molar-refractivity contribution in [3.8, 4) is 0 Å². The molecule has 1 N–H and O–H groups in total. The molecule has 0 aromatic carbocycles. The van der Waals surface area contributed by atoms with E-state index >= 15 is 0 Å². The molecule has 1 spiro atoms. The van der Waals surface area contributed by atoms with Crippen LogP contribution in [0.2, 0.25) is 0 Å². The van der Waals surface area contributed by atoms with Gasteiger partial charge < -0.3 is 5.11 Å². The molecule has 6 nitrogen and oxygen atoms in total. The minimum absolute atomic E-state index is 0.297. The SMILES string of the molecule is Cc1nn(C)cc1CN1CCC2(CCN(Cc3cccnc3)CC2)C(CO)C1. The van der Waals surface area contributed by atoms with Crippen molar-refractivity contribution in [3.63, 3.8) is 0 Å². The third-order valence-corrected chi connectivity index (χ3v) is 6.98. The molecule has 0 amide bonds. The summed E-state index contributed by atoms with van der Waals surface area (Å²) in [4.78, 5) is 9.29. The van der Waals surface area contributed by atoms with Crippen LogP contribution in [-0.4, -0.2) is 62.5 Å². The van der Waals surface area contributed by atoms with E-state index in [1.165, 1.54) is 30.4 Å². The number of aromatic nitrogens is 3. The van der Waals surface area contributed by atoms with Crippen LogP contribution in [0.5, 0.6) is 0 Å². The Morgan fingerprint density at radius 1 is 1.14 bits per heavy atom. The van der Waals surface area contributed by atoms with Gasteiger partial charge in [-0.05, 0) is 62.9 Å². The maximum absolute atomic E-state index is 10.2. The lowest BCUT2D eigenvalue weighted by molar-refractivity contribution is -0.0450. The standard InChI is InChI=1S/C22H33N5O/c1-18-20(14-25(2)24-18)15-27-11-7-22(21(16-27)17-28)5-9-26(10-6-22)13-19-4-3-8-23-12-19/h3-4,8,12,14,21,28H,5-7,9-11,13,15-17H2,1-2H3. The zero-order valence-corrected chi connectivity index (χ0v) is 17.2. The van der Waals surface area contributed by atoms with E-state index in [1.54, 1.807) is 0 Å². The molecule has 0 aliphatic carbocycles. The molecule has 1 unspecified atom stereocenters. The molecule has 2 saturated heterocycles. The summed E-state index contributed by atoms with van der Waals surface area (Å²) in [7, 11) is 1.98. The van der Waals surface area contributed by atoms with Gasteiger partial charge in [-0.25, -0.2) is 0 Å². The van der Waals surface area contributed by atoms with Crippen molar-refractivity contribution in [1.29, 1.82) is 0 Å². The number of pyridine rings is 1. The van der Waals surface area contributed by atoms with Gasteiger partial charge in [-0.15, -0.1) is 0 Å². The maximum atomic E-state index is 10.2. The van der Waals surface area contributed by atoms with Gasteiger partial charge in [0.25, 0.3) is 0 Å². The van der Waals surface area contributed by atoms with Crippen molar-refractivity contribution in [2.45, 2.75) is 39.3 Å². The number of nitrogens with zero attached hydrogens (tertiary/aromatic N) is 5. The zero-order chi connectivity index (χ0) is 19.6. The lowest BCUT2D eigenvalue weighted by atomic mass is 9.64. The monoisotopic (exact) mass is 383 g/mol. The molecule has 4 rings (SSSR count). The number of hydrogen-bond donors (Lipinski definition) is 1. The lowest BCUT2D eigenvalue weighted by Gasteiger charge is -2.51. The molecular weight excluding hydrogens is 350 g/mol. The van der Waals surface area contributed by atoms with Crippen LogP contribution in [0.25, 0.3) is 0 Å². The van der Waals surface area contributed by atoms with Crippen molar-refractivity contribution in [2.75, 3.05) is 32.8 Å². The van der Waals surface area contributed by atoms with E-state index in [2.05, 4.69) is 39.1 Å². The molecule has 0 bridgehead atoms. The summed E-state index contributed by atoms with van der Waals surface area (Å²) in [6.45, 7) is 8.66. The van der Waals surface area contributed by atoms with Gasteiger partial charge in [0.15, 0.2) is 0 Å². The predicted molar refractivity (Wildman–Crippen MR) is 110 cm³/mol. The topological polar surface area (TPSA) is 57.4 Å². The van der Waals surface area contributed by atoms with E-state index in [9.17, 15) is 5.11 Å². The van der Waals surface area contributed by atoms with Crippen molar-refractivity contribution >= 4 is 0 Å². The summed E-state index contributed by atoms with van der Waals surface area (Å²) < 4.78 is 1.90. The molecule has 0 saturated carbocycles. The van der Waals surface area contributed by atoms with E-state index in [4.69, 9.17) is 0 Å². The number of aryl methyl sites for hydroxylation is 2. The Hall–Kier alpha value is -1.76. The molecule has 1 atom stereocenters. The molecule has 152 valence electrons. The van der Waals surface area contributed by atoms with E-state index in [1.807, 2.05) is 30.2 Å². The van der Waals surface area contributed by atoms with Gasteiger partial charge in [0.2, 0.25) is 0 Å². The molecule has 2 aromatic heterocycles. The first-order valence-electron chi connectivity index (χ1n) is 10.5. The largest absolute Gasteiger partial charge is 0.396 e. The van der Waals surface area contributed by atoms with E-state index < -0.39 is 0 Å². The maximum Gasteiger partial charge on any atom is 0.0638 e. The van der Waals surface area contributed by atoms with Gasteiger partial charge in [-0.3, -0.25) is 19.5 Å². The van der Waals surface area contributed by atoms with Crippen LogP contribution in [0.3, 0.4) is 0 Å². The second-order valence-electron chi connectivity index (χ2n) is 8.78. The average molecular weight is 384 g/mol. The molecule has 0 radical (unpaired) electrons. The summed E-state index contributed by atoms with van der Waals surface area (Å²) in [5.41, 5.74) is 4.02. The highest BCUT2D eigenvalue weighted by molar-refractivity contribution is 5.15. The van der Waals surface area contributed by atoms with Crippen LogP contribution in [0, 0.1) is 18.3 Å². The van der Waals surface area contributed by atoms with Gasteiger partial charge >= 0.3 is 0 Å². The van der Waals surface area contributed by atoms with Crippen LogP contribution >= 0.6 is 0 Å². The molecule has 28 heavy (non-hydrogen) atoms. The Morgan fingerprint density at radius 3 is 2.50 bits per heavy atom. The van der Waals surface area contributed by atoms with Crippen LogP contribution < -0.4 is 0 Å². The average Bonchev–Trinajstić information content (AvgIpc) is 3.03. The molecule has 6 heteroatoms. The highest BCUT2D eigenvalue weighted by Gasteiger charge is 2.44. The van der Waals surface area contributed by atoms with Crippen LogP contribution in [0.15, 0.2) is 30.7 Å². The number of rotatable bonds is 5. The van der Waals surface area contributed by atoms with Crippen LogP contribution in [0.4, 0.5) is 0 Å². The summed E-state index contributed by atoms with van der Waals surface area (Å²) >= 11 is 0. The first-order valence-corrected chi connectivity index (χ1v) is 10.5. The van der Waals surface area contributed by atoms with E-state index in [0.717, 1.165) is 45.0 Å². The number of aliphatic hydroxyl groups is 1. The fourth-order valence-electron chi connectivity index (χ4n) is 5.19. The van der Waals surface area contributed by atoms with E-state index in [0.29, 0.717) is 17.9 Å². The number of aliphatic hydroxyl groups excluding tert-OH is 1. The van der Waals surface area contributed by atoms with Crippen LogP contribution in [0.1, 0.15) is 36.1 Å². The Balaban J connectivity index is 1.35. The molecule has 2 fully saturated rings. The summed E-state index contributed by atoms with van der Waals surface area (Å²) in [5, 5.41) is 14.7. The molecule has 2 aliphatic rings. The fraction of sp³-hybridized carbons (Fsp3) is 0.636. The quantitative estimate of drug-likeness (QED) is 0.858. The van der Waals surface area contributed by atoms with Gasteiger partial charge in [0.05, 0.1) is 5.69 Å². The predicted octanol–water partition coefficient (Wildman–Crippen LogP) is 2.22. The van der Waals surface area contributed by atoms with Gasteiger partial charge in [-0.2, -0.15) is 5.10 Å². The number of hydrogen-bond acceptors (Lipinski definition) is 5. The lowest BCUT2D eigenvalue weighted by Crippen LogP contribution is -2.53.